The first kappa shape index (κ1) is 20.1. The quantitative estimate of drug-likeness (QED) is 0.833. The Morgan fingerprint density at radius 2 is 1.60 bits per heavy atom. The van der Waals surface area contributed by atoms with E-state index in [1.54, 1.807) is 40.1 Å². The maximum Gasteiger partial charge on any atom is 0.416 e. The van der Waals surface area contributed by atoms with Crippen molar-refractivity contribution in [3.8, 4) is 0 Å². The van der Waals surface area contributed by atoms with E-state index in [1.807, 2.05) is 4.90 Å². The van der Waals surface area contributed by atoms with E-state index in [1.165, 1.54) is 6.07 Å². The summed E-state index contributed by atoms with van der Waals surface area (Å²) in [6, 6.07) is 12.0. The minimum Gasteiger partial charge on any atom is -0.368 e. The Balaban J connectivity index is 1.38. The third kappa shape index (κ3) is 4.05. The molecule has 2 fully saturated rings. The molecule has 158 valence electrons. The molecule has 30 heavy (non-hydrogen) atoms. The van der Waals surface area contributed by atoms with Crippen LogP contribution in [-0.4, -0.2) is 56.1 Å². The summed E-state index contributed by atoms with van der Waals surface area (Å²) in [7, 11) is 0. The SMILES string of the molecule is O=C(c1ccc(N2CCNC2=O)cc1)N1CCN(c2cccc(C(F)(F)F)c2)CC1. The van der Waals surface area contributed by atoms with Crippen molar-refractivity contribution in [2.24, 2.45) is 0 Å². The topological polar surface area (TPSA) is 55.9 Å². The van der Waals surface area contributed by atoms with Crippen LogP contribution >= 0.6 is 0 Å². The van der Waals surface area contributed by atoms with Crippen molar-refractivity contribution < 1.29 is 22.8 Å². The Bertz CT molecular complexity index is 938. The lowest BCUT2D eigenvalue weighted by Gasteiger charge is -2.36. The lowest BCUT2D eigenvalue weighted by atomic mass is 10.1. The summed E-state index contributed by atoms with van der Waals surface area (Å²) in [5.74, 6) is -0.129. The molecular formula is C21H21F3N4O2. The highest BCUT2D eigenvalue weighted by Crippen LogP contribution is 2.32. The van der Waals surface area contributed by atoms with Gasteiger partial charge in [0.05, 0.1) is 5.56 Å². The molecule has 4 rings (SSSR count). The van der Waals surface area contributed by atoms with Gasteiger partial charge in [-0.25, -0.2) is 4.79 Å². The molecular weight excluding hydrogens is 397 g/mol. The predicted molar refractivity (Wildman–Crippen MR) is 107 cm³/mol. The van der Waals surface area contributed by atoms with Gasteiger partial charge in [0.25, 0.3) is 5.91 Å². The van der Waals surface area contributed by atoms with Crippen molar-refractivity contribution in [1.82, 2.24) is 10.2 Å². The van der Waals surface area contributed by atoms with Gasteiger partial charge in [-0.1, -0.05) is 6.07 Å². The molecule has 6 nitrogen and oxygen atoms in total. The predicted octanol–water partition coefficient (Wildman–Crippen LogP) is 3.20. The fourth-order valence-corrected chi connectivity index (χ4v) is 3.73. The molecule has 0 unspecified atom stereocenters. The fraction of sp³-hybridized carbons (Fsp3) is 0.333. The second-order valence-corrected chi connectivity index (χ2v) is 7.26. The van der Waals surface area contributed by atoms with Crippen LogP contribution in [0.5, 0.6) is 0 Å². The van der Waals surface area contributed by atoms with Crippen molar-refractivity contribution >= 4 is 23.3 Å². The van der Waals surface area contributed by atoms with Crippen molar-refractivity contribution in [3.63, 3.8) is 0 Å². The molecule has 9 heteroatoms. The fourth-order valence-electron chi connectivity index (χ4n) is 3.73. The summed E-state index contributed by atoms with van der Waals surface area (Å²) in [5.41, 5.74) is 1.08. The molecule has 2 saturated heterocycles. The van der Waals surface area contributed by atoms with Crippen molar-refractivity contribution in [1.29, 1.82) is 0 Å². The second kappa shape index (κ2) is 7.89. The Morgan fingerprint density at radius 3 is 2.20 bits per heavy atom. The van der Waals surface area contributed by atoms with Crippen LogP contribution in [0.3, 0.4) is 0 Å². The van der Waals surface area contributed by atoms with E-state index in [0.717, 1.165) is 17.8 Å². The number of rotatable bonds is 3. The maximum atomic E-state index is 12.9. The first-order valence-electron chi connectivity index (χ1n) is 9.70. The summed E-state index contributed by atoms with van der Waals surface area (Å²) < 4.78 is 38.8. The average Bonchev–Trinajstić information content (AvgIpc) is 3.19. The van der Waals surface area contributed by atoms with Crippen LogP contribution in [0, 0.1) is 0 Å². The molecule has 2 aromatic rings. The van der Waals surface area contributed by atoms with E-state index in [4.69, 9.17) is 0 Å². The Labute approximate surface area is 171 Å². The van der Waals surface area contributed by atoms with Gasteiger partial charge in [-0.2, -0.15) is 13.2 Å². The van der Waals surface area contributed by atoms with E-state index in [-0.39, 0.29) is 11.9 Å². The molecule has 0 spiro atoms. The van der Waals surface area contributed by atoms with Gasteiger partial charge >= 0.3 is 12.2 Å². The molecule has 0 aromatic heterocycles. The Kier molecular flexibility index (Phi) is 5.27. The Morgan fingerprint density at radius 1 is 0.900 bits per heavy atom. The zero-order chi connectivity index (χ0) is 21.3. The van der Waals surface area contributed by atoms with Gasteiger partial charge in [-0.15, -0.1) is 0 Å². The molecule has 0 atom stereocenters. The van der Waals surface area contributed by atoms with Gasteiger partial charge < -0.3 is 15.1 Å². The number of nitrogens with zero attached hydrogens (tertiary/aromatic N) is 3. The van der Waals surface area contributed by atoms with Gasteiger partial charge in [0.15, 0.2) is 0 Å². The summed E-state index contributed by atoms with van der Waals surface area (Å²) in [6.45, 7) is 2.94. The standard InChI is InChI=1S/C21H21F3N4O2/c22-21(23,24)16-2-1-3-18(14-16)26-10-12-27(13-11-26)19(29)15-4-6-17(7-5-15)28-9-8-25-20(28)30/h1-7,14H,8-13H2,(H,25,30). The molecule has 1 N–H and O–H groups in total. The number of benzene rings is 2. The zero-order valence-corrected chi connectivity index (χ0v) is 16.2. The zero-order valence-electron chi connectivity index (χ0n) is 16.2. The van der Waals surface area contributed by atoms with Crippen LogP contribution < -0.4 is 15.1 Å². The van der Waals surface area contributed by atoms with Crippen LogP contribution in [-0.2, 0) is 6.18 Å². The van der Waals surface area contributed by atoms with E-state index in [0.29, 0.717) is 50.5 Å². The van der Waals surface area contributed by atoms with Gasteiger partial charge in [-0.3, -0.25) is 9.69 Å². The van der Waals surface area contributed by atoms with Crippen LogP contribution in [0.2, 0.25) is 0 Å². The number of nitrogens with one attached hydrogen (secondary N) is 1. The highest BCUT2D eigenvalue weighted by Gasteiger charge is 2.31. The number of hydrogen-bond acceptors (Lipinski definition) is 3. The second-order valence-electron chi connectivity index (χ2n) is 7.26. The van der Waals surface area contributed by atoms with Crippen LogP contribution in [0.1, 0.15) is 15.9 Å². The third-order valence-electron chi connectivity index (χ3n) is 5.39. The largest absolute Gasteiger partial charge is 0.416 e. The molecule has 0 bridgehead atoms. The van der Waals surface area contributed by atoms with Gasteiger partial charge in [0.1, 0.15) is 0 Å². The van der Waals surface area contributed by atoms with Gasteiger partial charge in [-0.05, 0) is 42.5 Å². The van der Waals surface area contributed by atoms with E-state index in [2.05, 4.69) is 5.32 Å². The summed E-state index contributed by atoms with van der Waals surface area (Å²) in [6.07, 6.45) is -4.38. The number of amides is 3. The van der Waals surface area contributed by atoms with E-state index >= 15 is 0 Å². The molecule has 3 amide bonds. The summed E-state index contributed by atoms with van der Waals surface area (Å²) in [4.78, 5) is 29.7. The van der Waals surface area contributed by atoms with E-state index in [9.17, 15) is 22.8 Å². The molecule has 2 aliphatic heterocycles. The van der Waals surface area contributed by atoms with E-state index < -0.39 is 11.7 Å². The first-order valence-corrected chi connectivity index (χ1v) is 9.70. The molecule has 2 aliphatic rings. The van der Waals surface area contributed by atoms with Crippen LogP contribution in [0.15, 0.2) is 48.5 Å². The highest BCUT2D eigenvalue weighted by atomic mass is 19.4. The minimum absolute atomic E-state index is 0.129. The smallest absolute Gasteiger partial charge is 0.368 e. The maximum absolute atomic E-state index is 12.9. The normalized spacial score (nSPS) is 17.3. The van der Waals surface area contributed by atoms with Crippen LogP contribution in [0.25, 0.3) is 0 Å². The number of anilines is 2. The van der Waals surface area contributed by atoms with Crippen molar-refractivity contribution in [2.75, 3.05) is 49.1 Å². The lowest BCUT2D eigenvalue weighted by molar-refractivity contribution is -0.137. The van der Waals surface area contributed by atoms with Crippen molar-refractivity contribution in [2.45, 2.75) is 6.18 Å². The van der Waals surface area contributed by atoms with Gasteiger partial charge in [0, 0.05) is 56.2 Å². The monoisotopic (exact) mass is 418 g/mol. The van der Waals surface area contributed by atoms with Gasteiger partial charge in [0.2, 0.25) is 0 Å². The molecule has 2 aromatic carbocycles. The number of carbonyl (C=O) groups excluding carboxylic acids is 2. The summed E-state index contributed by atoms with van der Waals surface area (Å²) in [5, 5.41) is 2.73. The number of carbonyl (C=O) groups is 2. The molecule has 0 saturated carbocycles. The summed E-state index contributed by atoms with van der Waals surface area (Å²) >= 11 is 0. The van der Waals surface area contributed by atoms with Crippen LogP contribution in [0.4, 0.5) is 29.3 Å². The molecule has 0 aliphatic carbocycles. The number of alkyl halides is 3. The number of urea groups is 1. The highest BCUT2D eigenvalue weighted by molar-refractivity contribution is 5.97. The number of halogens is 3. The third-order valence-corrected chi connectivity index (χ3v) is 5.39. The molecule has 2 heterocycles. The minimum atomic E-state index is -4.38. The van der Waals surface area contributed by atoms with Crippen molar-refractivity contribution in [3.05, 3.63) is 59.7 Å². The Hall–Kier alpha value is -3.23. The lowest BCUT2D eigenvalue weighted by Crippen LogP contribution is -2.48. The first-order chi connectivity index (χ1) is 14.3. The number of piperazine rings is 1. The number of hydrogen-bond donors (Lipinski definition) is 1. The average molecular weight is 418 g/mol. The molecule has 0 radical (unpaired) electrons.